The first-order valence-corrected chi connectivity index (χ1v) is 10.3. The summed E-state index contributed by atoms with van der Waals surface area (Å²) in [6, 6.07) is 11.3. The van der Waals surface area contributed by atoms with Crippen LogP contribution in [0.3, 0.4) is 0 Å². The molecule has 0 spiro atoms. The molecule has 0 N–H and O–H groups in total. The molecule has 0 aliphatic rings. The first kappa shape index (κ1) is 30.1. The summed E-state index contributed by atoms with van der Waals surface area (Å²) in [5.41, 5.74) is 0.422. The molecule has 0 fully saturated rings. The maximum Gasteiger partial charge on any atom is 2.00 e. The SMILES string of the molecule is CCCCOC(=O)c1cccc(C(=O)[O-])c1.CCCCOC(=O)c1cccc(C(=O)[O-])c1.[Mg+2]. The number of benzene rings is 2. The number of ether oxygens (including phenoxy) is 2. The molecule has 0 atom stereocenters. The van der Waals surface area contributed by atoms with E-state index in [4.69, 9.17) is 9.47 Å². The zero-order chi connectivity index (χ0) is 23.9. The summed E-state index contributed by atoms with van der Waals surface area (Å²) < 4.78 is 9.90. The van der Waals surface area contributed by atoms with Crippen molar-refractivity contribution in [1.82, 2.24) is 0 Å². The molecule has 33 heavy (non-hydrogen) atoms. The van der Waals surface area contributed by atoms with Gasteiger partial charge < -0.3 is 29.3 Å². The minimum Gasteiger partial charge on any atom is -0.545 e. The van der Waals surface area contributed by atoms with Gasteiger partial charge in [0.1, 0.15) is 0 Å². The van der Waals surface area contributed by atoms with Crippen molar-refractivity contribution in [2.24, 2.45) is 0 Å². The van der Waals surface area contributed by atoms with Gasteiger partial charge in [0.15, 0.2) is 0 Å². The van der Waals surface area contributed by atoms with E-state index in [1.165, 1.54) is 48.5 Å². The van der Waals surface area contributed by atoms with Gasteiger partial charge in [0, 0.05) is 0 Å². The van der Waals surface area contributed by atoms with E-state index in [1.54, 1.807) is 0 Å². The van der Waals surface area contributed by atoms with Gasteiger partial charge in [-0.15, -0.1) is 0 Å². The number of carbonyl (C=O) groups excluding carboxylic acids is 4. The molecule has 0 amide bonds. The molecule has 0 aliphatic heterocycles. The van der Waals surface area contributed by atoms with Crippen molar-refractivity contribution in [2.45, 2.75) is 39.5 Å². The Kier molecular flexibility index (Phi) is 15.2. The molecule has 9 heteroatoms. The number of carboxylic acid groups (broad SMARTS) is 2. The second kappa shape index (κ2) is 16.7. The summed E-state index contributed by atoms with van der Waals surface area (Å²) in [5, 5.41) is 21.1. The average Bonchev–Trinajstić information content (AvgIpc) is 2.79. The quantitative estimate of drug-likeness (QED) is 0.293. The number of aromatic carboxylic acids is 2. The van der Waals surface area contributed by atoms with E-state index in [2.05, 4.69) is 0 Å². The summed E-state index contributed by atoms with van der Waals surface area (Å²) in [4.78, 5) is 44.1. The van der Waals surface area contributed by atoms with Gasteiger partial charge in [-0.2, -0.15) is 0 Å². The zero-order valence-electron chi connectivity index (χ0n) is 18.8. The zero-order valence-corrected chi connectivity index (χ0v) is 20.2. The molecule has 2 rings (SSSR count). The monoisotopic (exact) mass is 466 g/mol. The Bertz CT molecular complexity index is 851. The molecule has 0 aliphatic carbocycles. The number of carboxylic acids is 2. The van der Waals surface area contributed by atoms with Gasteiger partial charge in [-0.25, -0.2) is 9.59 Å². The Balaban J connectivity index is 0.000000602. The van der Waals surface area contributed by atoms with Crippen LogP contribution in [-0.2, 0) is 9.47 Å². The Hall–Kier alpha value is -2.91. The number of hydrogen-bond acceptors (Lipinski definition) is 8. The molecule has 0 radical (unpaired) electrons. The van der Waals surface area contributed by atoms with E-state index in [0.717, 1.165) is 25.7 Å². The van der Waals surface area contributed by atoms with Crippen LogP contribution >= 0.6 is 0 Å². The second-order valence-electron chi connectivity index (χ2n) is 6.72. The van der Waals surface area contributed by atoms with E-state index in [9.17, 15) is 29.4 Å². The van der Waals surface area contributed by atoms with Gasteiger partial charge in [0.05, 0.1) is 36.3 Å². The topological polar surface area (TPSA) is 133 Å². The third kappa shape index (κ3) is 11.5. The molecule has 0 aromatic heterocycles. The largest absolute Gasteiger partial charge is 2.00 e. The van der Waals surface area contributed by atoms with Crippen LogP contribution in [0.25, 0.3) is 0 Å². The van der Waals surface area contributed by atoms with Crippen LogP contribution < -0.4 is 10.2 Å². The first-order chi connectivity index (χ1) is 15.3. The molecule has 0 saturated carbocycles. The van der Waals surface area contributed by atoms with Crippen LogP contribution in [0, 0.1) is 0 Å². The minimum atomic E-state index is -1.30. The maximum atomic E-state index is 11.5. The molecule has 2 aromatic rings. The smallest absolute Gasteiger partial charge is 0.545 e. The molecular formula is C24H26MgO8. The number of carbonyl (C=O) groups is 4. The Labute approximate surface area is 209 Å². The molecule has 8 nitrogen and oxygen atoms in total. The van der Waals surface area contributed by atoms with Crippen molar-refractivity contribution in [1.29, 1.82) is 0 Å². The van der Waals surface area contributed by atoms with E-state index >= 15 is 0 Å². The van der Waals surface area contributed by atoms with Crippen molar-refractivity contribution in [3.63, 3.8) is 0 Å². The van der Waals surface area contributed by atoms with Crippen LogP contribution in [0.5, 0.6) is 0 Å². The number of esters is 2. The third-order valence-electron chi connectivity index (χ3n) is 4.13. The van der Waals surface area contributed by atoms with E-state index in [-0.39, 0.29) is 45.3 Å². The van der Waals surface area contributed by atoms with Crippen LogP contribution in [0.1, 0.15) is 81.0 Å². The van der Waals surface area contributed by atoms with Crippen molar-refractivity contribution >= 4 is 46.9 Å². The van der Waals surface area contributed by atoms with Crippen LogP contribution in [0.4, 0.5) is 0 Å². The van der Waals surface area contributed by atoms with Crippen LogP contribution in [0.15, 0.2) is 48.5 Å². The Morgan fingerprint density at radius 1 is 0.667 bits per heavy atom. The number of unbranched alkanes of at least 4 members (excludes halogenated alkanes) is 2. The van der Waals surface area contributed by atoms with Gasteiger partial charge in [-0.05, 0) is 48.2 Å². The molecule has 0 saturated heterocycles. The van der Waals surface area contributed by atoms with Gasteiger partial charge >= 0.3 is 35.0 Å². The Morgan fingerprint density at radius 3 is 1.30 bits per heavy atom. The summed E-state index contributed by atoms with van der Waals surface area (Å²) in [5.74, 6) is -3.61. The van der Waals surface area contributed by atoms with Gasteiger partial charge in [-0.3, -0.25) is 0 Å². The average molecular weight is 467 g/mol. The summed E-state index contributed by atoms with van der Waals surface area (Å²) in [6.07, 6.45) is 3.47. The minimum absolute atomic E-state index is 0. The van der Waals surface area contributed by atoms with Crippen molar-refractivity contribution < 1.29 is 38.9 Å². The number of hydrogen-bond donors (Lipinski definition) is 0. The van der Waals surface area contributed by atoms with Crippen molar-refractivity contribution in [3.05, 3.63) is 70.8 Å². The fourth-order valence-corrected chi connectivity index (χ4v) is 2.33. The first-order valence-electron chi connectivity index (χ1n) is 10.3. The van der Waals surface area contributed by atoms with Crippen molar-refractivity contribution in [3.8, 4) is 0 Å². The normalized spacial score (nSPS) is 9.52. The van der Waals surface area contributed by atoms with E-state index in [1.807, 2.05) is 13.8 Å². The summed E-state index contributed by atoms with van der Waals surface area (Å²) in [6.45, 7) is 4.69. The summed E-state index contributed by atoms with van der Waals surface area (Å²) >= 11 is 0. The molecule has 0 bridgehead atoms. The predicted molar refractivity (Wildman–Crippen MR) is 118 cm³/mol. The molecule has 0 unspecified atom stereocenters. The summed E-state index contributed by atoms with van der Waals surface area (Å²) in [7, 11) is 0. The molecule has 0 heterocycles. The standard InChI is InChI=1S/2C12H14O4.Mg/c2*1-2-3-7-16-12(15)10-6-4-5-9(8-10)11(13)14;/h2*4-6,8H,2-3,7H2,1H3,(H,13,14);/q;;+2/p-2. The maximum absolute atomic E-state index is 11.5. The molecule has 172 valence electrons. The van der Waals surface area contributed by atoms with Gasteiger partial charge in [0.25, 0.3) is 0 Å². The Morgan fingerprint density at radius 2 is 1.00 bits per heavy atom. The fourth-order valence-electron chi connectivity index (χ4n) is 2.33. The second-order valence-corrected chi connectivity index (χ2v) is 6.72. The molecular weight excluding hydrogens is 441 g/mol. The predicted octanol–water partition coefficient (Wildman–Crippen LogP) is 1.63. The molecule has 2 aromatic carbocycles. The fraction of sp³-hybridized carbons (Fsp3) is 0.333. The van der Waals surface area contributed by atoms with E-state index in [0.29, 0.717) is 13.2 Å². The number of rotatable bonds is 10. The van der Waals surface area contributed by atoms with Gasteiger partial charge in [0.2, 0.25) is 0 Å². The van der Waals surface area contributed by atoms with E-state index < -0.39 is 23.9 Å². The van der Waals surface area contributed by atoms with Crippen LogP contribution in [-0.4, -0.2) is 60.1 Å². The van der Waals surface area contributed by atoms with Gasteiger partial charge in [-0.1, -0.05) is 51.0 Å². The van der Waals surface area contributed by atoms with Crippen LogP contribution in [0.2, 0.25) is 0 Å². The van der Waals surface area contributed by atoms with Crippen molar-refractivity contribution in [2.75, 3.05) is 13.2 Å². The third-order valence-corrected chi connectivity index (χ3v) is 4.13.